The fourth-order valence-corrected chi connectivity index (χ4v) is 4.85. The summed E-state index contributed by atoms with van der Waals surface area (Å²) >= 11 is 1.65. The van der Waals surface area contributed by atoms with Gasteiger partial charge in [-0.05, 0) is 57.0 Å². The second-order valence-electron chi connectivity index (χ2n) is 8.19. The Kier molecular flexibility index (Phi) is 8.54. The van der Waals surface area contributed by atoms with Gasteiger partial charge in [-0.25, -0.2) is 9.98 Å². The average molecular weight is 445 g/mol. The summed E-state index contributed by atoms with van der Waals surface area (Å²) in [4.78, 5) is 13.9. The lowest BCUT2D eigenvalue weighted by molar-refractivity contribution is 0.122. The van der Waals surface area contributed by atoms with Crippen LogP contribution in [0.25, 0.3) is 0 Å². The summed E-state index contributed by atoms with van der Waals surface area (Å²) in [6.07, 6.45) is 2.42. The predicted molar refractivity (Wildman–Crippen MR) is 130 cm³/mol. The summed E-state index contributed by atoms with van der Waals surface area (Å²) in [6.45, 7) is 5.51. The van der Waals surface area contributed by atoms with Gasteiger partial charge in [0.05, 0.1) is 19.3 Å². The molecule has 170 valence electrons. The van der Waals surface area contributed by atoms with Crippen molar-refractivity contribution in [2.75, 3.05) is 52.8 Å². The molecule has 0 aliphatic carbocycles. The van der Waals surface area contributed by atoms with Crippen molar-refractivity contribution in [1.29, 1.82) is 0 Å². The van der Waals surface area contributed by atoms with Crippen molar-refractivity contribution in [3.63, 3.8) is 0 Å². The normalized spacial score (nSPS) is 19.8. The van der Waals surface area contributed by atoms with Crippen LogP contribution in [-0.4, -0.2) is 63.7 Å². The van der Waals surface area contributed by atoms with Crippen molar-refractivity contribution in [3.8, 4) is 5.75 Å². The molecule has 0 amide bonds. The van der Waals surface area contributed by atoms with Gasteiger partial charge in [0.1, 0.15) is 5.75 Å². The molecule has 1 aliphatic heterocycles. The van der Waals surface area contributed by atoms with Crippen LogP contribution in [0.2, 0.25) is 0 Å². The molecular formula is C23H36N6OS. The zero-order valence-corrected chi connectivity index (χ0v) is 20.2. The summed E-state index contributed by atoms with van der Waals surface area (Å²) < 4.78 is 5.34. The molecule has 1 aromatic carbocycles. The summed E-state index contributed by atoms with van der Waals surface area (Å²) in [7, 11) is 7.96. The zero-order chi connectivity index (χ0) is 22.2. The van der Waals surface area contributed by atoms with Crippen molar-refractivity contribution in [2.24, 2.45) is 10.9 Å². The maximum atomic E-state index is 5.34. The molecule has 2 unspecified atom stereocenters. The van der Waals surface area contributed by atoms with E-state index in [1.807, 2.05) is 19.0 Å². The van der Waals surface area contributed by atoms with Crippen LogP contribution in [0, 0.1) is 5.92 Å². The fourth-order valence-electron chi connectivity index (χ4n) is 4.11. The van der Waals surface area contributed by atoms with E-state index in [4.69, 9.17) is 9.73 Å². The Bertz CT molecular complexity index is 835. The highest BCUT2D eigenvalue weighted by Crippen LogP contribution is 2.35. The number of guanidine groups is 1. The molecular weight excluding hydrogens is 408 g/mol. The molecule has 7 nitrogen and oxygen atoms in total. The van der Waals surface area contributed by atoms with Gasteiger partial charge < -0.3 is 20.3 Å². The lowest BCUT2D eigenvalue weighted by Gasteiger charge is -2.40. The minimum Gasteiger partial charge on any atom is -0.497 e. The van der Waals surface area contributed by atoms with Gasteiger partial charge in [-0.3, -0.25) is 4.90 Å². The summed E-state index contributed by atoms with van der Waals surface area (Å²) in [6, 6.07) is 8.90. The zero-order valence-electron chi connectivity index (χ0n) is 19.4. The molecule has 2 N–H and O–H groups in total. The minimum absolute atomic E-state index is 0.385. The van der Waals surface area contributed by atoms with Crippen LogP contribution >= 0.6 is 11.3 Å². The molecule has 2 heterocycles. The van der Waals surface area contributed by atoms with Gasteiger partial charge in [-0.15, -0.1) is 11.3 Å². The van der Waals surface area contributed by atoms with E-state index in [2.05, 4.69) is 64.1 Å². The third-order valence-electron chi connectivity index (χ3n) is 5.66. The SMILES string of the molecule is CCNC(=NCc1csc(N(C)C)n1)NCC1CCCN(C)C1c1ccc(OC)cc1. The molecule has 1 aromatic heterocycles. The largest absolute Gasteiger partial charge is 0.497 e. The molecule has 0 spiro atoms. The lowest BCUT2D eigenvalue weighted by atomic mass is 9.85. The highest BCUT2D eigenvalue weighted by atomic mass is 32.1. The van der Waals surface area contributed by atoms with E-state index in [0.29, 0.717) is 18.5 Å². The first-order valence-electron chi connectivity index (χ1n) is 11.0. The van der Waals surface area contributed by atoms with Crippen LogP contribution in [0.5, 0.6) is 5.75 Å². The van der Waals surface area contributed by atoms with Gasteiger partial charge in [-0.1, -0.05) is 12.1 Å². The van der Waals surface area contributed by atoms with Gasteiger partial charge in [0.15, 0.2) is 11.1 Å². The first-order chi connectivity index (χ1) is 15.0. The number of methoxy groups -OCH3 is 1. The van der Waals surface area contributed by atoms with Crippen molar-refractivity contribution in [3.05, 3.63) is 40.9 Å². The second kappa shape index (κ2) is 11.3. The van der Waals surface area contributed by atoms with E-state index in [1.165, 1.54) is 18.4 Å². The Labute approximate surface area is 190 Å². The van der Waals surface area contributed by atoms with E-state index < -0.39 is 0 Å². The summed E-state index contributed by atoms with van der Waals surface area (Å²) in [5.41, 5.74) is 2.34. The predicted octanol–water partition coefficient (Wildman–Crippen LogP) is 3.36. The van der Waals surface area contributed by atoms with E-state index in [9.17, 15) is 0 Å². The molecule has 0 bridgehead atoms. The van der Waals surface area contributed by atoms with Gasteiger partial charge >= 0.3 is 0 Å². The lowest BCUT2D eigenvalue weighted by Crippen LogP contribution is -2.45. The topological polar surface area (TPSA) is 65.0 Å². The number of benzene rings is 1. The van der Waals surface area contributed by atoms with Crippen molar-refractivity contribution in [1.82, 2.24) is 20.5 Å². The van der Waals surface area contributed by atoms with Crippen molar-refractivity contribution < 1.29 is 4.74 Å². The molecule has 0 saturated carbocycles. The number of nitrogens with one attached hydrogen (secondary N) is 2. The van der Waals surface area contributed by atoms with E-state index in [1.54, 1.807) is 18.4 Å². The van der Waals surface area contributed by atoms with E-state index >= 15 is 0 Å². The number of likely N-dealkylation sites (tertiary alicyclic amines) is 1. The highest BCUT2D eigenvalue weighted by Gasteiger charge is 2.30. The van der Waals surface area contributed by atoms with E-state index in [0.717, 1.165) is 42.2 Å². The number of ether oxygens (including phenoxy) is 1. The maximum Gasteiger partial charge on any atom is 0.191 e. The number of aromatic nitrogens is 1. The Hall–Kier alpha value is -2.32. The number of hydrogen-bond acceptors (Lipinski definition) is 6. The average Bonchev–Trinajstić information content (AvgIpc) is 3.25. The number of thiazole rings is 1. The third kappa shape index (κ3) is 6.33. The smallest absolute Gasteiger partial charge is 0.191 e. The van der Waals surface area contributed by atoms with Crippen molar-refractivity contribution in [2.45, 2.75) is 32.4 Å². The summed E-state index contributed by atoms with van der Waals surface area (Å²) in [5.74, 6) is 2.26. The quantitative estimate of drug-likeness (QED) is 0.481. The second-order valence-corrected chi connectivity index (χ2v) is 9.03. The van der Waals surface area contributed by atoms with E-state index in [-0.39, 0.29) is 0 Å². The Morgan fingerprint density at radius 1 is 1.29 bits per heavy atom. The maximum absolute atomic E-state index is 5.34. The molecule has 0 radical (unpaired) electrons. The van der Waals surface area contributed by atoms with Crippen molar-refractivity contribution >= 4 is 22.4 Å². The molecule has 8 heteroatoms. The molecule has 2 atom stereocenters. The molecule has 31 heavy (non-hydrogen) atoms. The molecule has 1 fully saturated rings. The number of hydrogen-bond donors (Lipinski definition) is 2. The number of nitrogens with zero attached hydrogens (tertiary/aromatic N) is 4. The first kappa shape index (κ1) is 23.3. The number of piperidine rings is 1. The van der Waals surface area contributed by atoms with Gasteiger partial charge in [0, 0.05) is 38.6 Å². The Morgan fingerprint density at radius 3 is 2.71 bits per heavy atom. The van der Waals surface area contributed by atoms with Crippen LogP contribution < -0.4 is 20.3 Å². The third-order valence-corrected chi connectivity index (χ3v) is 6.72. The first-order valence-corrected chi connectivity index (χ1v) is 11.9. The Morgan fingerprint density at radius 2 is 2.06 bits per heavy atom. The van der Waals surface area contributed by atoms with Gasteiger partial charge in [-0.2, -0.15) is 0 Å². The summed E-state index contributed by atoms with van der Waals surface area (Å²) in [5, 5.41) is 10.1. The monoisotopic (exact) mass is 444 g/mol. The highest BCUT2D eigenvalue weighted by molar-refractivity contribution is 7.13. The van der Waals surface area contributed by atoms with Crippen LogP contribution in [0.15, 0.2) is 34.6 Å². The number of aliphatic imine (C=N–C) groups is 1. The standard InChI is InChI=1S/C23H36N6OS/c1-6-24-22(26-15-19-16-31-23(27-19)28(2)3)25-14-18-8-7-13-29(4)21(18)17-9-11-20(30-5)12-10-17/h9-12,16,18,21H,6-8,13-15H2,1-5H3,(H2,24,25,26). The number of anilines is 1. The Balaban J connectivity index is 1.66. The fraction of sp³-hybridized carbons (Fsp3) is 0.565. The molecule has 1 saturated heterocycles. The van der Waals surface area contributed by atoms with Crippen LogP contribution in [0.1, 0.15) is 37.1 Å². The van der Waals surface area contributed by atoms with Crippen LogP contribution in [0.3, 0.4) is 0 Å². The van der Waals surface area contributed by atoms with Crippen LogP contribution in [-0.2, 0) is 6.54 Å². The number of rotatable bonds is 8. The van der Waals surface area contributed by atoms with Gasteiger partial charge in [0.2, 0.25) is 0 Å². The minimum atomic E-state index is 0.385. The molecule has 2 aromatic rings. The van der Waals surface area contributed by atoms with Crippen LogP contribution in [0.4, 0.5) is 5.13 Å². The molecule has 3 rings (SSSR count). The van der Waals surface area contributed by atoms with Gasteiger partial charge in [0.25, 0.3) is 0 Å². The molecule has 1 aliphatic rings.